The van der Waals surface area contributed by atoms with Crippen LogP contribution in [-0.4, -0.2) is 36.9 Å². The third-order valence-electron chi connectivity index (χ3n) is 2.12. The van der Waals surface area contributed by atoms with E-state index in [0.29, 0.717) is 6.54 Å². The number of rotatable bonds is 2. The Balaban J connectivity index is 0.000000791. The van der Waals surface area contributed by atoms with Crippen molar-refractivity contribution in [3.63, 3.8) is 0 Å². The molecule has 1 aliphatic heterocycles. The number of ether oxygens (including phenoxy) is 1. The van der Waals surface area contributed by atoms with E-state index in [1.54, 1.807) is 0 Å². The van der Waals surface area contributed by atoms with Crippen LogP contribution in [0.2, 0.25) is 0 Å². The molecule has 2 unspecified atom stereocenters. The fourth-order valence-corrected chi connectivity index (χ4v) is 1.44. The minimum absolute atomic E-state index is 0.0969. The van der Waals surface area contributed by atoms with Gasteiger partial charge in [0.25, 0.3) is 0 Å². The molecule has 1 aliphatic rings. The van der Waals surface area contributed by atoms with Crippen LogP contribution < -0.4 is 5.32 Å². The van der Waals surface area contributed by atoms with E-state index < -0.39 is 0 Å². The van der Waals surface area contributed by atoms with Gasteiger partial charge < -0.3 is 15.2 Å². The normalized spacial score (nSPS) is 26.0. The highest BCUT2D eigenvalue weighted by Gasteiger charge is 2.26. The zero-order chi connectivity index (χ0) is 11.0. The summed E-state index contributed by atoms with van der Waals surface area (Å²) in [6.45, 7) is 7.04. The van der Waals surface area contributed by atoms with Gasteiger partial charge in [-0.05, 0) is 13.0 Å². The summed E-state index contributed by atoms with van der Waals surface area (Å²) < 4.78 is 5.03. The Hall–Kier alpha value is -0.610. The van der Waals surface area contributed by atoms with Crippen molar-refractivity contribution in [1.82, 2.24) is 5.32 Å². The van der Waals surface area contributed by atoms with Crippen molar-refractivity contribution in [2.75, 3.05) is 19.7 Å². The number of hydrogen-bond donors (Lipinski definition) is 2. The molecule has 2 atom stereocenters. The average molecular weight is 203 g/mol. The Kier molecular flexibility index (Phi) is 7.42. The SMILES string of the molecule is CC.CC(=O)OC1CNCCC1CO. The smallest absolute Gasteiger partial charge is 0.302 e. The summed E-state index contributed by atoms with van der Waals surface area (Å²) in [5.41, 5.74) is 0. The highest BCUT2D eigenvalue weighted by Crippen LogP contribution is 2.14. The topological polar surface area (TPSA) is 58.6 Å². The summed E-state index contributed by atoms with van der Waals surface area (Å²) in [5.74, 6) is -0.169. The van der Waals surface area contributed by atoms with E-state index in [-0.39, 0.29) is 24.6 Å². The number of piperidine rings is 1. The summed E-state index contributed by atoms with van der Waals surface area (Å²) in [7, 11) is 0. The van der Waals surface area contributed by atoms with Gasteiger partial charge in [-0.15, -0.1) is 0 Å². The van der Waals surface area contributed by atoms with Gasteiger partial charge >= 0.3 is 5.97 Å². The maximum absolute atomic E-state index is 10.6. The number of hydrogen-bond acceptors (Lipinski definition) is 4. The molecule has 1 saturated heterocycles. The quantitative estimate of drug-likeness (QED) is 0.643. The van der Waals surface area contributed by atoms with Crippen LogP contribution in [0, 0.1) is 5.92 Å². The van der Waals surface area contributed by atoms with Gasteiger partial charge in [0.1, 0.15) is 6.10 Å². The first kappa shape index (κ1) is 13.4. The second-order valence-corrected chi connectivity index (χ2v) is 3.08. The summed E-state index contributed by atoms with van der Waals surface area (Å²) in [5, 5.41) is 12.1. The van der Waals surface area contributed by atoms with Crippen molar-refractivity contribution in [2.45, 2.75) is 33.3 Å². The van der Waals surface area contributed by atoms with Gasteiger partial charge in [-0.25, -0.2) is 0 Å². The van der Waals surface area contributed by atoms with Gasteiger partial charge in [0.2, 0.25) is 0 Å². The first-order chi connectivity index (χ1) is 6.74. The molecule has 0 aromatic rings. The molecule has 4 heteroatoms. The molecule has 0 aliphatic carbocycles. The Morgan fingerprint density at radius 1 is 1.57 bits per heavy atom. The van der Waals surface area contributed by atoms with E-state index in [4.69, 9.17) is 9.84 Å². The second kappa shape index (κ2) is 7.76. The Morgan fingerprint density at radius 3 is 2.71 bits per heavy atom. The van der Waals surface area contributed by atoms with Gasteiger partial charge in [-0.3, -0.25) is 4.79 Å². The van der Waals surface area contributed by atoms with Crippen LogP contribution in [0.25, 0.3) is 0 Å². The van der Waals surface area contributed by atoms with Gasteiger partial charge in [-0.1, -0.05) is 13.8 Å². The van der Waals surface area contributed by atoms with E-state index in [2.05, 4.69) is 5.32 Å². The van der Waals surface area contributed by atoms with Gasteiger partial charge in [-0.2, -0.15) is 0 Å². The molecule has 0 amide bonds. The van der Waals surface area contributed by atoms with Gasteiger partial charge in [0.05, 0.1) is 0 Å². The number of aliphatic hydroxyl groups excluding tert-OH is 1. The molecule has 0 bridgehead atoms. The standard InChI is InChI=1S/C8H15NO3.C2H6/c1-6(11)12-8-4-9-3-2-7(8)5-10;1-2/h7-10H,2-5H2,1H3;1-2H3. The summed E-state index contributed by atoms with van der Waals surface area (Å²) in [6, 6.07) is 0. The van der Waals surface area contributed by atoms with Gasteiger partial charge in [0.15, 0.2) is 0 Å². The van der Waals surface area contributed by atoms with Crippen molar-refractivity contribution in [3.05, 3.63) is 0 Å². The minimum Gasteiger partial charge on any atom is -0.461 e. The third-order valence-corrected chi connectivity index (χ3v) is 2.12. The van der Waals surface area contributed by atoms with E-state index in [1.807, 2.05) is 13.8 Å². The van der Waals surface area contributed by atoms with Crippen LogP contribution in [0.4, 0.5) is 0 Å². The third kappa shape index (κ3) is 4.58. The molecule has 0 aromatic heterocycles. The van der Waals surface area contributed by atoms with Crippen LogP contribution in [-0.2, 0) is 9.53 Å². The molecule has 0 radical (unpaired) electrons. The maximum Gasteiger partial charge on any atom is 0.302 e. The molecular weight excluding hydrogens is 182 g/mol. The lowest BCUT2D eigenvalue weighted by Gasteiger charge is -2.29. The lowest BCUT2D eigenvalue weighted by atomic mass is 9.96. The molecule has 1 fully saturated rings. The molecule has 0 saturated carbocycles. The molecule has 0 aromatic carbocycles. The highest BCUT2D eigenvalue weighted by atomic mass is 16.5. The minimum atomic E-state index is -0.276. The van der Waals surface area contributed by atoms with Crippen molar-refractivity contribution in [1.29, 1.82) is 0 Å². The van der Waals surface area contributed by atoms with Crippen molar-refractivity contribution in [2.24, 2.45) is 5.92 Å². The van der Waals surface area contributed by atoms with Gasteiger partial charge in [0, 0.05) is 26.0 Å². The predicted octanol–water partition coefficient (Wildman–Crippen LogP) is 0.546. The molecule has 2 N–H and O–H groups in total. The number of carbonyl (C=O) groups is 1. The number of aliphatic hydroxyl groups is 1. The Labute approximate surface area is 85.6 Å². The first-order valence-electron chi connectivity index (χ1n) is 5.23. The molecule has 0 spiro atoms. The zero-order valence-corrected chi connectivity index (χ0v) is 9.25. The molecule has 4 nitrogen and oxygen atoms in total. The van der Waals surface area contributed by atoms with E-state index in [9.17, 15) is 4.79 Å². The lowest BCUT2D eigenvalue weighted by molar-refractivity contribution is -0.150. The Bertz CT molecular complexity index is 161. The molecular formula is C10H21NO3. The van der Waals surface area contributed by atoms with Crippen LogP contribution in [0.1, 0.15) is 27.2 Å². The van der Waals surface area contributed by atoms with Crippen molar-refractivity contribution < 1.29 is 14.6 Å². The molecule has 84 valence electrons. The van der Waals surface area contributed by atoms with E-state index >= 15 is 0 Å². The highest BCUT2D eigenvalue weighted by molar-refractivity contribution is 5.66. The number of carbonyl (C=O) groups excluding carboxylic acids is 1. The molecule has 14 heavy (non-hydrogen) atoms. The monoisotopic (exact) mass is 203 g/mol. The number of esters is 1. The average Bonchev–Trinajstić information content (AvgIpc) is 2.21. The predicted molar refractivity (Wildman–Crippen MR) is 55.0 cm³/mol. The van der Waals surface area contributed by atoms with Crippen LogP contribution >= 0.6 is 0 Å². The summed E-state index contributed by atoms with van der Waals surface area (Å²) >= 11 is 0. The number of nitrogens with one attached hydrogen (secondary N) is 1. The van der Waals surface area contributed by atoms with Crippen molar-refractivity contribution in [3.8, 4) is 0 Å². The summed E-state index contributed by atoms with van der Waals surface area (Å²) in [6.07, 6.45) is 0.718. The van der Waals surface area contributed by atoms with E-state index in [0.717, 1.165) is 13.0 Å². The van der Waals surface area contributed by atoms with Crippen LogP contribution in [0.5, 0.6) is 0 Å². The Morgan fingerprint density at radius 2 is 2.21 bits per heavy atom. The van der Waals surface area contributed by atoms with Crippen molar-refractivity contribution >= 4 is 5.97 Å². The summed E-state index contributed by atoms with van der Waals surface area (Å²) in [4.78, 5) is 10.6. The maximum atomic E-state index is 10.6. The fraction of sp³-hybridized carbons (Fsp3) is 0.900. The molecule has 1 rings (SSSR count). The largest absolute Gasteiger partial charge is 0.461 e. The second-order valence-electron chi connectivity index (χ2n) is 3.08. The van der Waals surface area contributed by atoms with E-state index in [1.165, 1.54) is 6.92 Å². The van der Waals surface area contributed by atoms with Crippen LogP contribution in [0.3, 0.4) is 0 Å². The fourth-order valence-electron chi connectivity index (χ4n) is 1.44. The van der Waals surface area contributed by atoms with Crippen LogP contribution in [0.15, 0.2) is 0 Å². The first-order valence-corrected chi connectivity index (χ1v) is 5.23. The lowest BCUT2D eigenvalue weighted by Crippen LogP contribution is -2.44. The zero-order valence-electron chi connectivity index (χ0n) is 9.25. The molecule has 1 heterocycles.